The van der Waals surface area contributed by atoms with Crippen molar-refractivity contribution in [3.8, 4) is 0 Å². The lowest BCUT2D eigenvalue weighted by Gasteiger charge is -2.43. The summed E-state index contributed by atoms with van der Waals surface area (Å²) >= 11 is 0. The molecule has 0 bridgehead atoms. The van der Waals surface area contributed by atoms with Gasteiger partial charge in [-0.25, -0.2) is 0 Å². The van der Waals surface area contributed by atoms with Crippen LogP contribution in [0.2, 0.25) is 0 Å². The first kappa shape index (κ1) is 23.9. The number of carbonyl (C=O) groups excluding carboxylic acids is 1. The number of rotatable bonds is 7. The number of esters is 1. The third kappa shape index (κ3) is 7.77. The molecular formula is C22H40O3. The van der Waals surface area contributed by atoms with Crippen molar-refractivity contribution in [3.05, 3.63) is 24.0 Å². The molecular weight excluding hydrogens is 312 g/mol. The van der Waals surface area contributed by atoms with E-state index in [0.29, 0.717) is 5.76 Å². The minimum absolute atomic E-state index is 0.00645. The molecule has 0 aliphatic carbocycles. The lowest BCUT2D eigenvalue weighted by atomic mass is 9.61. The summed E-state index contributed by atoms with van der Waals surface area (Å²) in [5, 5.41) is 10.5. The summed E-state index contributed by atoms with van der Waals surface area (Å²) in [5.74, 6) is 0.290. The standard InChI is InChI=1S/C22H40O3/c1-11-13-14-21(9,24)15-17(12-2)25-18(23)22(10,20(6,7)8)16-19(3,4)5/h12-14,24H,11,15-16H2,1-10H3/b14-13+,17-12+. The van der Waals surface area contributed by atoms with Crippen LogP contribution >= 0.6 is 0 Å². The van der Waals surface area contributed by atoms with E-state index in [1.807, 2.05) is 26.8 Å². The summed E-state index contributed by atoms with van der Waals surface area (Å²) < 4.78 is 5.78. The SMILES string of the molecule is C/C=C(\CC(C)(O)/C=C/CC)OC(=O)C(C)(CC(C)(C)C)C(C)(C)C. The van der Waals surface area contributed by atoms with Crippen LogP contribution in [-0.4, -0.2) is 16.7 Å². The monoisotopic (exact) mass is 352 g/mol. The van der Waals surface area contributed by atoms with Crippen molar-refractivity contribution in [1.29, 1.82) is 0 Å². The van der Waals surface area contributed by atoms with Crippen molar-refractivity contribution < 1.29 is 14.6 Å². The zero-order valence-corrected chi connectivity index (χ0v) is 18.1. The van der Waals surface area contributed by atoms with Gasteiger partial charge in [0.15, 0.2) is 0 Å². The van der Waals surface area contributed by atoms with Gasteiger partial charge in [0, 0.05) is 6.42 Å². The van der Waals surface area contributed by atoms with E-state index in [4.69, 9.17) is 4.74 Å². The van der Waals surface area contributed by atoms with Crippen LogP contribution in [0.4, 0.5) is 0 Å². The summed E-state index contributed by atoms with van der Waals surface area (Å²) in [5.41, 5.74) is -1.88. The Bertz CT molecular complexity index is 498. The number of allylic oxidation sites excluding steroid dienone is 2. The molecule has 0 heterocycles. The fraction of sp³-hybridized carbons (Fsp3) is 0.773. The average molecular weight is 353 g/mol. The van der Waals surface area contributed by atoms with Crippen LogP contribution in [0, 0.1) is 16.2 Å². The molecule has 0 saturated heterocycles. The van der Waals surface area contributed by atoms with E-state index >= 15 is 0 Å². The molecule has 0 aromatic heterocycles. The second-order valence-corrected chi connectivity index (χ2v) is 9.81. The molecule has 146 valence electrons. The van der Waals surface area contributed by atoms with Crippen molar-refractivity contribution >= 4 is 5.97 Å². The van der Waals surface area contributed by atoms with Crippen LogP contribution in [0.15, 0.2) is 24.0 Å². The molecule has 0 aromatic carbocycles. The molecule has 0 aliphatic heterocycles. The maximum absolute atomic E-state index is 13.1. The Morgan fingerprint density at radius 3 is 1.92 bits per heavy atom. The largest absolute Gasteiger partial charge is 0.431 e. The fourth-order valence-corrected chi connectivity index (χ4v) is 2.92. The molecule has 2 unspecified atom stereocenters. The van der Waals surface area contributed by atoms with E-state index < -0.39 is 11.0 Å². The first-order valence-corrected chi connectivity index (χ1v) is 9.35. The highest BCUT2D eigenvalue weighted by atomic mass is 16.5. The number of hydrogen-bond acceptors (Lipinski definition) is 3. The zero-order chi connectivity index (χ0) is 20.1. The second kappa shape index (κ2) is 8.53. The molecule has 1 N–H and O–H groups in total. The first-order chi connectivity index (χ1) is 11.1. The molecule has 25 heavy (non-hydrogen) atoms. The summed E-state index contributed by atoms with van der Waals surface area (Å²) in [6.07, 6.45) is 7.32. The van der Waals surface area contributed by atoms with Gasteiger partial charge in [0.2, 0.25) is 0 Å². The quantitative estimate of drug-likeness (QED) is 0.346. The van der Waals surface area contributed by atoms with Crippen LogP contribution < -0.4 is 0 Å². The van der Waals surface area contributed by atoms with Crippen LogP contribution in [0.1, 0.15) is 88.5 Å². The molecule has 0 saturated carbocycles. The van der Waals surface area contributed by atoms with E-state index in [2.05, 4.69) is 41.5 Å². The van der Waals surface area contributed by atoms with Gasteiger partial charge in [0.25, 0.3) is 0 Å². The van der Waals surface area contributed by atoms with Crippen LogP contribution in [0.3, 0.4) is 0 Å². The molecule has 3 nitrogen and oxygen atoms in total. The maximum Gasteiger partial charge on any atom is 0.317 e. The second-order valence-electron chi connectivity index (χ2n) is 9.81. The average Bonchev–Trinajstić information content (AvgIpc) is 2.40. The molecule has 0 radical (unpaired) electrons. The Morgan fingerprint density at radius 2 is 1.56 bits per heavy atom. The van der Waals surface area contributed by atoms with Gasteiger partial charge in [0.1, 0.15) is 5.76 Å². The van der Waals surface area contributed by atoms with E-state index in [1.165, 1.54) is 0 Å². The number of aliphatic hydroxyl groups is 1. The van der Waals surface area contributed by atoms with Crippen LogP contribution in [0.25, 0.3) is 0 Å². The molecule has 0 fully saturated rings. The highest BCUT2D eigenvalue weighted by molar-refractivity contribution is 5.78. The predicted molar refractivity (Wildman–Crippen MR) is 106 cm³/mol. The van der Waals surface area contributed by atoms with Crippen molar-refractivity contribution in [2.75, 3.05) is 0 Å². The summed E-state index contributed by atoms with van der Waals surface area (Å²) in [6, 6.07) is 0. The molecule has 0 aliphatic rings. The Morgan fingerprint density at radius 1 is 1.04 bits per heavy atom. The van der Waals surface area contributed by atoms with Gasteiger partial charge in [-0.1, -0.05) is 60.6 Å². The number of carbonyl (C=O) groups is 1. The number of ether oxygens (including phenoxy) is 1. The Labute approximate surface area is 155 Å². The van der Waals surface area contributed by atoms with Gasteiger partial charge >= 0.3 is 5.97 Å². The molecule has 3 heteroatoms. The smallest absolute Gasteiger partial charge is 0.317 e. The minimum atomic E-state index is -1.03. The van der Waals surface area contributed by atoms with Gasteiger partial charge in [-0.2, -0.15) is 0 Å². The molecule has 0 rings (SSSR count). The lowest BCUT2D eigenvalue weighted by Crippen LogP contribution is -2.44. The summed E-state index contributed by atoms with van der Waals surface area (Å²) in [7, 11) is 0. The van der Waals surface area contributed by atoms with E-state index in [-0.39, 0.29) is 23.2 Å². The molecule has 0 aromatic rings. The first-order valence-electron chi connectivity index (χ1n) is 9.35. The predicted octanol–water partition coefficient (Wildman–Crippen LogP) is 6.03. The molecule has 0 spiro atoms. The normalized spacial score (nSPS) is 18.8. The Kier molecular flexibility index (Phi) is 8.16. The maximum atomic E-state index is 13.1. The van der Waals surface area contributed by atoms with Crippen molar-refractivity contribution in [2.45, 2.75) is 94.1 Å². The topological polar surface area (TPSA) is 46.5 Å². The van der Waals surface area contributed by atoms with E-state index in [0.717, 1.165) is 12.8 Å². The summed E-state index contributed by atoms with van der Waals surface area (Å²) in [4.78, 5) is 13.1. The highest BCUT2D eigenvalue weighted by Gasteiger charge is 2.48. The van der Waals surface area contributed by atoms with E-state index in [9.17, 15) is 9.90 Å². The van der Waals surface area contributed by atoms with Gasteiger partial charge in [-0.05, 0) is 50.5 Å². The van der Waals surface area contributed by atoms with Gasteiger partial charge in [-0.15, -0.1) is 0 Å². The van der Waals surface area contributed by atoms with Crippen molar-refractivity contribution in [1.82, 2.24) is 0 Å². The Hall–Kier alpha value is -1.09. The van der Waals surface area contributed by atoms with Crippen molar-refractivity contribution in [2.24, 2.45) is 16.2 Å². The highest BCUT2D eigenvalue weighted by Crippen LogP contribution is 2.47. The van der Waals surface area contributed by atoms with Crippen molar-refractivity contribution in [3.63, 3.8) is 0 Å². The summed E-state index contributed by atoms with van der Waals surface area (Å²) in [6.45, 7) is 20.2. The Balaban J connectivity index is 5.44. The van der Waals surface area contributed by atoms with E-state index in [1.54, 1.807) is 19.1 Å². The lowest BCUT2D eigenvalue weighted by molar-refractivity contribution is -0.160. The molecule has 0 amide bonds. The zero-order valence-electron chi connectivity index (χ0n) is 18.1. The van der Waals surface area contributed by atoms with Crippen LogP contribution in [0.5, 0.6) is 0 Å². The van der Waals surface area contributed by atoms with Gasteiger partial charge in [0.05, 0.1) is 11.0 Å². The third-order valence-electron chi connectivity index (χ3n) is 4.78. The third-order valence-corrected chi connectivity index (χ3v) is 4.78. The van der Waals surface area contributed by atoms with Gasteiger partial charge < -0.3 is 9.84 Å². The molecule has 2 atom stereocenters. The number of hydrogen-bond donors (Lipinski definition) is 1. The van der Waals surface area contributed by atoms with Gasteiger partial charge in [-0.3, -0.25) is 4.79 Å². The van der Waals surface area contributed by atoms with Crippen LogP contribution in [-0.2, 0) is 9.53 Å². The fourth-order valence-electron chi connectivity index (χ4n) is 2.92. The minimum Gasteiger partial charge on any atom is -0.431 e.